The molecule has 1 aromatic heterocycles. The third-order valence-electron chi connectivity index (χ3n) is 10.7. The Balaban J connectivity index is 0.911. The van der Waals surface area contributed by atoms with Gasteiger partial charge in [-0.2, -0.15) is 0 Å². The maximum Gasteiger partial charge on any atom is 0.287 e. The molecule has 7 rings (SSSR count). The van der Waals surface area contributed by atoms with Crippen molar-refractivity contribution in [2.45, 2.75) is 50.4 Å². The summed E-state index contributed by atoms with van der Waals surface area (Å²) in [6.45, 7) is 4.46. The molecule has 0 saturated carbocycles. The highest BCUT2D eigenvalue weighted by atomic mass is 19.3. The van der Waals surface area contributed by atoms with Crippen molar-refractivity contribution in [1.29, 1.82) is 0 Å². The number of rotatable bonds is 11. The quantitative estimate of drug-likeness (QED) is 0.225. The van der Waals surface area contributed by atoms with Crippen LogP contribution in [0.4, 0.5) is 14.5 Å². The highest BCUT2D eigenvalue weighted by molar-refractivity contribution is 6.04. The van der Waals surface area contributed by atoms with Crippen molar-refractivity contribution in [2.75, 3.05) is 58.8 Å². The van der Waals surface area contributed by atoms with E-state index in [9.17, 15) is 23.2 Å². The van der Waals surface area contributed by atoms with E-state index < -0.39 is 6.43 Å². The molecule has 1 spiro atoms. The molecular weight excluding hydrogens is 680 g/mol. The van der Waals surface area contributed by atoms with Gasteiger partial charge in [-0.25, -0.2) is 13.8 Å². The van der Waals surface area contributed by atoms with E-state index in [-0.39, 0.29) is 29.8 Å². The van der Waals surface area contributed by atoms with Crippen LogP contribution in [0.1, 0.15) is 72.5 Å². The van der Waals surface area contributed by atoms with Crippen LogP contribution in [-0.4, -0.2) is 102 Å². The maximum atomic E-state index is 13.4. The number of amides is 3. The lowest BCUT2D eigenvalue weighted by atomic mass is 9.88. The smallest absolute Gasteiger partial charge is 0.287 e. The van der Waals surface area contributed by atoms with Crippen molar-refractivity contribution in [3.05, 3.63) is 118 Å². The Morgan fingerprint density at radius 2 is 1.53 bits per heavy atom. The fraction of sp³-hybridized carbons (Fsp3) is 0.400. The van der Waals surface area contributed by atoms with Crippen LogP contribution in [0.2, 0.25) is 0 Å². The highest BCUT2D eigenvalue weighted by Gasteiger charge is 2.50. The van der Waals surface area contributed by atoms with Crippen LogP contribution >= 0.6 is 0 Å². The Bertz CT molecular complexity index is 1920. The number of imidazole rings is 1. The maximum absolute atomic E-state index is 13.4. The van der Waals surface area contributed by atoms with Gasteiger partial charge in [0, 0.05) is 57.1 Å². The van der Waals surface area contributed by atoms with E-state index in [0.717, 1.165) is 35.2 Å². The predicted molar refractivity (Wildman–Crippen MR) is 196 cm³/mol. The normalized spacial score (nSPS) is 17.3. The summed E-state index contributed by atoms with van der Waals surface area (Å²) < 4.78 is 33.1. The number of ether oxygens (including phenoxy) is 1. The van der Waals surface area contributed by atoms with Crippen molar-refractivity contribution in [1.82, 2.24) is 29.6 Å². The van der Waals surface area contributed by atoms with Gasteiger partial charge in [-0.1, -0.05) is 36.4 Å². The number of nitrogens with zero attached hydrogens (tertiary/aromatic N) is 5. The molecule has 0 radical (unpaired) electrons. The number of hydrogen-bond donors (Lipinski definition) is 2. The van der Waals surface area contributed by atoms with Gasteiger partial charge in [0.1, 0.15) is 5.54 Å². The molecule has 11 nitrogen and oxygen atoms in total. The summed E-state index contributed by atoms with van der Waals surface area (Å²) in [5.74, 6) is 0.146. The summed E-state index contributed by atoms with van der Waals surface area (Å²) in [6, 6.07) is 22.6. The molecule has 3 amide bonds. The number of halogens is 2. The lowest BCUT2D eigenvalue weighted by Crippen LogP contribution is -2.63. The topological polar surface area (TPSA) is 112 Å². The van der Waals surface area contributed by atoms with Gasteiger partial charge >= 0.3 is 0 Å². The minimum absolute atomic E-state index is 0.0319. The fourth-order valence-electron chi connectivity index (χ4n) is 7.56. The minimum Gasteiger partial charge on any atom is -0.377 e. The van der Waals surface area contributed by atoms with Crippen LogP contribution < -0.4 is 10.6 Å². The number of aromatic nitrogens is 2. The summed E-state index contributed by atoms with van der Waals surface area (Å²) in [5, 5.41) is 5.93. The average Bonchev–Trinajstić information content (AvgIpc) is 3.58. The predicted octanol–water partition coefficient (Wildman–Crippen LogP) is 4.95. The van der Waals surface area contributed by atoms with Crippen LogP contribution in [0.15, 0.2) is 79.0 Å². The second kappa shape index (κ2) is 15.6. The van der Waals surface area contributed by atoms with Crippen molar-refractivity contribution < 1.29 is 27.9 Å². The van der Waals surface area contributed by atoms with Gasteiger partial charge in [-0.05, 0) is 84.9 Å². The molecule has 3 aliphatic rings. The first kappa shape index (κ1) is 36.4. The van der Waals surface area contributed by atoms with Crippen molar-refractivity contribution in [2.24, 2.45) is 0 Å². The number of nitrogens with one attached hydrogen (secondary N) is 2. The van der Waals surface area contributed by atoms with Gasteiger partial charge < -0.3 is 24.8 Å². The average molecular weight is 726 g/mol. The number of likely N-dealkylation sites (tertiary alicyclic amines) is 1. The first-order valence-corrected chi connectivity index (χ1v) is 18.1. The third-order valence-corrected chi connectivity index (χ3v) is 10.7. The number of hydrogen-bond acceptors (Lipinski definition) is 7. The molecule has 2 N–H and O–H groups in total. The van der Waals surface area contributed by atoms with E-state index in [4.69, 9.17) is 4.74 Å². The molecule has 2 saturated heterocycles. The molecule has 4 heterocycles. The van der Waals surface area contributed by atoms with E-state index >= 15 is 0 Å². The first-order valence-electron chi connectivity index (χ1n) is 18.1. The van der Waals surface area contributed by atoms with Crippen LogP contribution in [0.25, 0.3) is 0 Å². The molecule has 0 unspecified atom stereocenters. The lowest BCUT2D eigenvalue weighted by molar-refractivity contribution is -0.162. The van der Waals surface area contributed by atoms with Gasteiger partial charge in [0.2, 0.25) is 0 Å². The molecule has 0 bridgehead atoms. The lowest BCUT2D eigenvalue weighted by Gasteiger charge is -2.52. The van der Waals surface area contributed by atoms with Gasteiger partial charge in [-0.15, -0.1) is 0 Å². The molecule has 278 valence electrons. The van der Waals surface area contributed by atoms with Crippen LogP contribution in [-0.2, 0) is 29.9 Å². The van der Waals surface area contributed by atoms with Gasteiger partial charge in [0.05, 0.1) is 31.6 Å². The van der Waals surface area contributed by atoms with Gasteiger partial charge in [-0.3, -0.25) is 24.2 Å². The Morgan fingerprint density at radius 3 is 2.15 bits per heavy atom. The molecule has 3 aliphatic heterocycles. The summed E-state index contributed by atoms with van der Waals surface area (Å²) in [4.78, 5) is 48.9. The summed E-state index contributed by atoms with van der Waals surface area (Å²) in [6.07, 6.45) is 1.12. The number of benzene rings is 3. The molecule has 2 fully saturated rings. The largest absolute Gasteiger partial charge is 0.377 e. The number of piperidine rings is 1. The van der Waals surface area contributed by atoms with Crippen molar-refractivity contribution in [3.8, 4) is 0 Å². The van der Waals surface area contributed by atoms with E-state index in [2.05, 4.69) is 20.5 Å². The summed E-state index contributed by atoms with van der Waals surface area (Å²) >= 11 is 0. The van der Waals surface area contributed by atoms with Crippen LogP contribution in [0, 0.1) is 0 Å². The van der Waals surface area contributed by atoms with Gasteiger partial charge in [0.15, 0.2) is 5.82 Å². The molecule has 3 aromatic carbocycles. The minimum atomic E-state index is -2.31. The van der Waals surface area contributed by atoms with E-state index in [1.165, 1.54) is 0 Å². The second-order valence-electron chi connectivity index (χ2n) is 14.4. The third kappa shape index (κ3) is 7.87. The Kier molecular flexibility index (Phi) is 10.7. The summed E-state index contributed by atoms with van der Waals surface area (Å²) in [7, 11) is 3.48. The van der Waals surface area contributed by atoms with E-state index in [1.54, 1.807) is 49.5 Å². The van der Waals surface area contributed by atoms with Gasteiger partial charge in [0.25, 0.3) is 24.1 Å². The molecular formula is C40H45F2N7O4. The zero-order valence-electron chi connectivity index (χ0n) is 30.1. The fourth-order valence-corrected chi connectivity index (χ4v) is 7.56. The van der Waals surface area contributed by atoms with E-state index in [0.29, 0.717) is 81.0 Å². The number of alkyl halides is 2. The second-order valence-corrected chi connectivity index (χ2v) is 14.4. The van der Waals surface area contributed by atoms with Crippen LogP contribution in [0.5, 0.6) is 0 Å². The standard InChI is InChI=1S/C40H45F2N7O4/c1-46(2)39(52)32-7-3-28(4-8-32)23-48-19-20-49-34(40(48)25-53-26-40)22-43-36(49)38(51)44-21-27-5-13-33(14-6-27)45-37(50)31-11-9-29(10-12-31)30-15-17-47(18-16-30)24-35(41)42/h3-14,22,30,35H,15-21,23-26H2,1-2H3,(H,44,51)(H,45,50). The number of carbonyl (C=O) groups excluding carboxylic acids is 3. The Hall–Kier alpha value is -4.98. The van der Waals surface area contributed by atoms with E-state index in [1.807, 2.05) is 58.0 Å². The number of carbonyl (C=O) groups is 3. The Morgan fingerprint density at radius 1 is 0.868 bits per heavy atom. The van der Waals surface area contributed by atoms with Crippen molar-refractivity contribution in [3.63, 3.8) is 0 Å². The first-order chi connectivity index (χ1) is 25.6. The van der Waals surface area contributed by atoms with Crippen molar-refractivity contribution >= 4 is 23.4 Å². The molecule has 0 atom stereocenters. The Labute approximate surface area is 307 Å². The van der Waals surface area contributed by atoms with Crippen LogP contribution in [0.3, 0.4) is 0 Å². The SMILES string of the molecule is CN(C)C(=O)c1ccc(CN2CCn3c(cnc3C(=O)NCc3ccc(NC(=O)c4ccc(C5CCN(CC(F)F)CC5)cc4)cc3)C23COC3)cc1. The monoisotopic (exact) mass is 725 g/mol. The summed E-state index contributed by atoms with van der Waals surface area (Å²) in [5.41, 5.74) is 5.50. The highest BCUT2D eigenvalue weighted by Crippen LogP contribution is 2.40. The molecule has 13 heteroatoms. The molecule has 4 aromatic rings. The number of anilines is 1. The molecule has 53 heavy (non-hydrogen) atoms. The molecule has 0 aliphatic carbocycles. The number of fused-ring (bicyclic) bond motifs is 2. The zero-order chi connectivity index (χ0) is 37.1. The zero-order valence-corrected chi connectivity index (χ0v) is 30.1.